The van der Waals surface area contributed by atoms with Crippen LogP contribution in [-0.2, 0) is 4.74 Å². The van der Waals surface area contributed by atoms with Crippen molar-refractivity contribution in [2.75, 3.05) is 16.9 Å². The summed E-state index contributed by atoms with van der Waals surface area (Å²) in [7, 11) is 1.71. The number of rotatable bonds is 3. The van der Waals surface area contributed by atoms with Crippen molar-refractivity contribution >= 4 is 23.0 Å². The Bertz CT molecular complexity index is 853. The molecule has 1 atom stereocenters. The third kappa shape index (κ3) is 2.21. The van der Waals surface area contributed by atoms with Gasteiger partial charge in [0.25, 0.3) is 0 Å². The fourth-order valence-electron chi connectivity index (χ4n) is 3.10. The van der Waals surface area contributed by atoms with Gasteiger partial charge < -0.3 is 4.74 Å². The fourth-order valence-corrected chi connectivity index (χ4v) is 3.10. The lowest BCUT2D eigenvalue weighted by Gasteiger charge is -2.31. The second kappa shape index (κ2) is 5.94. The summed E-state index contributed by atoms with van der Waals surface area (Å²) in [6, 6.07) is 18.3. The third-order valence-corrected chi connectivity index (χ3v) is 4.18. The molecule has 0 fully saturated rings. The van der Waals surface area contributed by atoms with E-state index in [1.165, 1.54) is 0 Å². The monoisotopic (exact) mass is 318 g/mol. The van der Waals surface area contributed by atoms with Gasteiger partial charge >= 0.3 is 0 Å². The number of fused-ring (bicyclic) bond motifs is 1. The molecular weight excluding hydrogens is 300 g/mol. The summed E-state index contributed by atoms with van der Waals surface area (Å²) in [6.07, 6.45) is 3.08. The number of nitrogens with zero attached hydrogens (tertiary/aromatic N) is 4. The highest BCUT2D eigenvalue weighted by atomic mass is 16.5. The number of aromatic nitrogens is 2. The van der Waals surface area contributed by atoms with Crippen LogP contribution in [0.25, 0.3) is 0 Å². The summed E-state index contributed by atoms with van der Waals surface area (Å²) in [5.74, 6) is 1.58. The normalized spacial score (nSPS) is 16.3. The van der Waals surface area contributed by atoms with E-state index in [-0.39, 0.29) is 6.35 Å². The molecule has 0 amide bonds. The maximum Gasteiger partial charge on any atom is 0.221 e. The van der Waals surface area contributed by atoms with E-state index in [0.717, 1.165) is 28.6 Å². The molecule has 0 saturated heterocycles. The third-order valence-electron chi connectivity index (χ3n) is 4.18. The Morgan fingerprint density at radius 1 is 0.833 bits per heavy atom. The Morgan fingerprint density at radius 3 is 2.12 bits per heavy atom. The van der Waals surface area contributed by atoms with Crippen molar-refractivity contribution in [3.8, 4) is 0 Å². The molecule has 5 nitrogen and oxygen atoms in total. The number of benzene rings is 2. The number of methoxy groups -OCH3 is 1. The molecular formula is C19H18N4O. The Kier molecular flexibility index (Phi) is 3.63. The molecule has 5 heteroatoms. The molecule has 2 aromatic carbocycles. The molecule has 3 aromatic rings. The number of ether oxygens (including phenoxy) is 1. The smallest absolute Gasteiger partial charge is 0.221 e. The summed E-state index contributed by atoms with van der Waals surface area (Å²) in [4.78, 5) is 13.3. The van der Waals surface area contributed by atoms with Crippen molar-refractivity contribution in [2.45, 2.75) is 13.3 Å². The van der Waals surface area contributed by atoms with Crippen molar-refractivity contribution in [3.05, 3.63) is 72.6 Å². The van der Waals surface area contributed by atoms with Crippen LogP contribution in [0.3, 0.4) is 0 Å². The van der Waals surface area contributed by atoms with Gasteiger partial charge in [0.05, 0.1) is 0 Å². The lowest BCUT2D eigenvalue weighted by atomic mass is 10.2. The summed E-state index contributed by atoms with van der Waals surface area (Å²) < 4.78 is 5.85. The van der Waals surface area contributed by atoms with E-state index in [2.05, 4.69) is 38.8 Å². The Balaban J connectivity index is 1.91. The number of anilines is 4. The van der Waals surface area contributed by atoms with Crippen LogP contribution in [0, 0.1) is 6.92 Å². The van der Waals surface area contributed by atoms with Gasteiger partial charge in [-0.2, -0.15) is 0 Å². The molecule has 1 unspecified atom stereocenters. The zero-order valence-corrected chi connectivity index (χ0v) is 13.6. The second-order valence-electron chi connectivity index (χ2n) is 5.63. The summed E-state index contributed by atoms with van der Waals surface area (Å²) >= 11 is 0. The van der Waals surface area contributed by atoms with Gasteiger partial charge in [0.15, 0.2) is 11.6 Å². The van der Waals surface area contributed by atoms with Gasteiger partial charge in [0.1, 0.15) is 0 Å². The SMILES string of the molecule is COC1N(c2ccccc2)c2nccnc2N1c1ccccc1C. The standard InChI is InChI=1S/C19H18N4O/c1-14-8-6-7-11-16(14)23-18-17(20-12-13-21-18)22(19(23)24-2)15-9-4-3-5-10-15/h3-13,19H,1-2H3. The Morgan fingerprint density at radius 2 is 1.46 bits per heavy atom. The molecule has 0 aliphatic carbocycles. The summed E-state index contributed by atoms with van der Waals surface area (Å²) in [5.41, 5.74) is 3.23. The maximum atomic E-state index is 5.85. The van der Waals surface area contributed by atoms with E-state index < -0.39 is 0 Å². The van der Waals surface area contributed by atoms with Crippen LogP contribution in [-0.4, -0.2) is 23.4 Å². The predicted octanol–water partition coefficient (Wildman–Crippen LogP) is 4.00. The van der Waals surface area contributed by atoms with Crippen LogP contribution in [0.5, 0.6) is 0 Å². The summed E-state index contributed by atoms with van der Waals surface area (Å²) in [5, 5.41) is 0. The zero-order valence-electron chi connectivity index (χ0n) is 13.6. The van der Waals surface area contributed by atoms with E-state index in [1.54, 1.807) is 19.5 Å². The first-order chi connectivity index (χ1) is 11.8. The second-order valence-corrected chi connectivity index (χ2v) is 5.63. The minimum absolute atomic E-state index is 0.342. The molecule has 1 aromatic heterocycles. The lowest BCUT2D eigenvalue weighted by Crippen LogP contribution is -2.40. The molecule has 120 valence electrons. The predicted molar refractivity (Wildman–Crippen MR) is 94.7 cm³/mol. The highest BCUT2D eigenvalue weighted by Crippen LogP contribution is 2.45. The first-order valence-corrected chi connectivity index (χ1v) is 7.84. The van der Waals surface area contributed by atoms with Gasteiger partial charge in [0, 0.05) is 30.9 Å². The van der Waals surface area contributed by atoms with Crippen LogP contribution in [0.2, 0.25) is 0 Å². The molecule has 1 aliphatic rings. The number of hydrogen-bond donors (Lipinski definition) is 0. The molecule has 0 spiro atoms. The van der Waals surface area contributed by atoms with E-state index in [9.17, 15) is 0 Å². The highest BCUT2D eigenvalue weighted by molar-refractivity contribution is 5.83. The molecule has 24 heavy (non-hydrogen) atoms. The Labute approximate surface area is 141 Å². The topological polar surface area (TPSA) is 41.5 Å². The quantitative estimate of drug-likeness (QED) is 0.730. The summed E-state index contributed by atoms with van der Waals surface area (Å²) in [6.45, 7) is 2.09. The van der Waals surface area contributed by atoms with E-state index >= 15 is 0 Å². The first-order valence-electron chi connectivity index (χ1n) is 7.84. The van der Waals surface area contributed by atoms with Crippen LogP contribution < -0.4 is 9.80 Å². The minimum atomic E-state index is -0.342. The minimum Gasteiger partial charge on any atom is -0.343 e. The molecule has 4 rings (SSSR count). The fraction of sp³-hybridized carbons (Fsp3) is 0.158. The Hall–Kier alpha value is -2.92. The van der Waals surface area contributed by atoms with Crippen LogP contribution in [0.4, 0.5) is 23.0 Å². The molecule has 0 N–H and O–H groups in total. The number of hydrogen-bond acceptors (Lipinski definition) is 5. The largest absolute Gasteiger partial charge is 0.343 e. The highest BCUT2D eigenvalue weighted by Gasteiger charge is 2.40. The van der Waals surface area contributed by atoms with Gasteiger partial charge in [-0.1, -0.05) is 36.4 Å². The van der Waals surface area contributed by atoms with E-state index in [1.807, 2.05) is 42.5 Å². The lowest BCUT2D eigenvalue weighted by molar-refractivity contribution is 0.118. The number of aryl methyl sites for hydroxylation is 1. The molecule has 0 radical (unpaired) electrons. The zero-order chi connectivity index (χ0) is 16.5. The van der Waals surface area contributed by atoms with Crippen molar-refractivity contribution in [3.63, 3.8) is 0 Å². The first kappa shape index (κ1) is 14.7. The molecule has 1 aliphatic heterocycles. The van der Waals surface area contributed by atoms with E-state index in [0.29, 0.717) is 0 Å². The van der Waals surface area contributed by atoms with Crippen molar-refractivity contribution in [2.24, 2.45) is 0 Å². The van der Waals surface area contributed by atoms with Crippen molar-refractivity contribution in [1.29, 1.82) is 0 Å². The molecule has 2 heterocycles. The average Bonchev–Trinajstić information content (AvgIpc) is 2.97. The molecule has 0 bridgehead atoms. The number of para-hydroxylation sites is 2. The molecule has 0 saturated carbocycles. The maximum absolute atomic E-state index is 5.85. The van der Waals surface area contributed by atoms with Crippen LogP contribution in [0.1, 0.15) is 5.56 Å². The van der Waals surface area contributed by atoms with Gasteiger partial charge in [-0.25, -0.2) is 9.97 Å². The van der Waals surface area contributed by atoms with Gasteiger partial charge in [-0.05, 0) is 30.7 Å². The van der Waals surface area contributed by atoms with Crippen LogP contribution >= 0.6 is 0 Å². The van der Waals surface area contributed by atoms with Gasteiger partial charge in [0.2, 0.25) is 6.35 Å². The van der Waals surface area contributed by atoms with Crippen LogP contribution in [0.15, 0.2) is 67.0 Å². The van der Waals surface area contributed by atoms with Crippen molar-refractivity contribution in [1.82, 2.24) is 9.97 Å². The average molecular weight is 318 g/mol. The van der Waals surface area contributed by atoms with Crippen molar-refractivity contribution < 1.29 is 4.74 Å². The van der Waals surface area contributed by atoms with Gasteiger partial charge in [-0.15, -0.1) is 0 Å². The van der Waals surface area contributed by atoms with Gasteiger partial charge in [-0.3, -0.25) is 9.80 Å². The van der Waals surface area contributed by atoms with E-state index in [4.69, 9.17) is 4.74 Å².